The fourth-order valence-corrected chi connectivity index (χ4v) is 1.62. The molecule has 17 heavy (non-hydrogen) atoms. The van der Waals surface area contributed by atoms with Crippen molar-refractivity contribution in [1.82, 2.24) is 5.32 Å². The topological polar surface area (TPSA) is 58.3 Å². The third-order valence-corrected chi connectivity index (χ3v) is 2.62. The second-order valence-corrected chi connectivity index (χ2v) is 3.94. The summed E-state index contributed by atoms with van der Waals surface area (Å²) in [5, 5.41) is 12.4. The van der Waals surface area contributed by atoms with Crippen LogP contribution in [0.15, 0.2) is 54.6 Å². The minimum absolute atomic E-state index is 0.226. The maximum absolute atomic E-state index is 9.19. The summed E-state index contributed by atoms with van der Waals surface area (Å²) in [5.41, 5.74) is 8.15. The fraction of sp³-hybridized carbons (Fsp3) is 0.143. The normalized spacial score (nSPS) is 12.3. The lowest BCUT2D eigenvalue weighted by atomic mass is 10.1. The lowest BCUT2D eigenvalue weighted by molar-refractivity contribution is 0.474. The van der Waals surface area contributed by atoms with Gasteiger partial charge in [0.2, 0.25) is 0 Å². The zero-order chi connectivity index (χ0) is 12.1. The first-order valence-electron chi connectivity index (χ1n) is 5.57. The van der Waals surface area contributed by atoms with Gasteiger partial charge in [0.05, 0.1) is 6.17 Å². The minimum Gasteiger partial charge on any atom is -0.508 e. The first kappa shape index (κ1) is 11.6. The van der Waals surface area contributed by atoms with Crippen molar-refractivity contribution in [3.05, 3.63) is 65.7 Å². The number of hydrogen-bond donors (Lipinski definition) is 3. The molecular formula is C14H16N2O. The highest BCUT2D eigenvalue weighted by Crippen LogP contribution is 2.13. The highest BCUT2D eigenvalue weighted by Gasteiger charge is 2.04. The summed E-state index contributed by atoms with van der Waals surface area (Å²) < 4.78 is 0. The van der Waals surface area contributed by atoms with Crippen LogP contribution in [0.25, 0.3) is 0 Å². The van der Waals surface area contributed by atoms with E-state index in [4.69, 9.17) is 5.73 Å². The molecule has 4 N–H and O–H groups in total. The molecule has 1 unspecified atom stereocenters. The summed E-state index contributed by atoms with van der Waals surface area (Å²) in [5.74, 6) is 0.254. The van der Waals surface area contributed by atoms with E-state index in [0.717, 1.165) is 12.1 Å². The van der Waals surface area contributed by atoms with Gasteiger partial charge in [-0.1, -0.05) is 42.5 Å². The van der Waals surface area contributed by atoms with Crippen molar-refractivity contribution in [1.29, 1.82) is 0 Å². The standard InChI is InChI=1S/C14H16N2O/c15-14(12-6-8-13(17)9-7-12)16-10-11-4-2-1-3-5-11/h1-9,14,16-17H,10,15H2. The van der Waals surface area contributed by atoms with Crippen LogP contribution in [0.1, 0.15) is 17.3 Å². The van der Waals surface area contributed by atoms with Crippen molar-refractivity contribution < 1.29 is 5.11 Å². The third kappa shape index (κ3) is 3.31. The van der Waals surface area contributed by atoms with Gasteiger partial charge in [-0.3, -0.25) is 5.32 Å². The predicted octanol–water partition coefficient (Wildman–Crippen LogP) is 2.14. The molecule has 2 aromatic rings. The first-order chi connectivity index (χ1) is 8.25. The molecule has 0 aliphatic rings. The zero-order valence-electron chi connectivity index (χ0n) is 9.51. The summed E-state index contributed by atoms with van der Waals surface area (Å²) >= 11 is 0. The van der Waals surface area contributed by atoms with Gasteiger partial charge in [0.1, 0.15) is 5.75 Å². The van der Waals surface area contributed by atoms with Gasteiger partial charge in [-0.2, -0.15) is 0 Å². The zero-order valence-corrected chi connectivity index (χ0v) is 9.51. The van der Waals surface area contributed by atoms with E-state index < -0.39 is 0 Å². The average molecular weight is 228 g/mol. The molecule has 0 aliphatic heterocycles. The van der Waals surface area contributed by atoms with Crippen molar-refractivity contribution in [2.24, 2.45) is 5.73 Å². The van der Waals surface area contributed by atoms with Gasteiger partial charge < -0.3 is 10.8 Å². The van der Waals surface area contributed by atoms with E-state index in [1.807, 2.05) is 30.3 Å². The molecule has 0 aliphatic carbocycles. The van der Waals surface area contributed by atoms with Gasteiger partial charge in [-0.05, 0) is 23.3 Å². The highest BCUT2D eigenvalue weighted by molar-refractivity contribution is 5.27. The summed E-state index contributed by atoms with van der Waals surface area (Å²) in [6.45, 7) is 0.725. The molecule has 0 bridgehead atoms. The second kappa shape index (κ2) is 5.48. The van der Waals surface area contributed by atoms with Gasteiger partial charge in [-0.15, -0.1) is 0 Å². The Bertz CT molecular complexity index is 453. The van der Waals surface area contributed by atoms with Crippen LogP contribution in [0, 0.1) is 0 Å². The third-order valence-electron chi connectivity index (χ3n) is 2.62. The van der Waals surface area contributed by atoms with Crippen LogP contribution >= 0.6 is 0 Å². The van der Waals surface area contributed by atoms with Crippen molar-refractivity contribution in [2.75, 3.05) is 0 Å². The second-order valence-electron chi connectivity index (χ2n) is 3.94. The van der Waals surface area contributed by atoms with Crippen molar-refractivity contribution in [3.8, 4) is 5.75 Å². The molecule has 0 fully saturated rings. The van der Waals surface area contributed by atoms with E-state index in [1.54, 1.807) is 12.1 Å². The molecular weight excluding hydrogens is 212 g/mol. The van der Waals surface area contributed by atoms with E-state index in [1.165, 1.54) is 5.56 Å². The van der Waals surface area contributed by atoms with Crippen molar-refractivity contribution in [2.45, 2.75) is 12.7 Å². The Kier molecular flexibility index (Phi) is 3.75. The molecule has 88 valence electrons. The molecule has 0 radical (unpaired) electrons. The lowest BCUT2D eigenvalue weighted by Crippen LogP contribution is -2.28. The molecule has 1 atom stereocenters. The van der Waals surface area contributed by atoms with E-state index >= 15 is 0 Å². The van der Waals surface area contributed by atoms with Gasteiger partial charge in [0, 0.05) is 6.54 Å². The molecule has 3 nitrogen and oxygen atoms in total. The number of nitrogens with one attached hydrogen (secondary N) is 1. The van der Waals surface area contributed by atoms with Crippen LogP contribution in [-0.4, -0.2) is 5.11 Å². The number of benzene rings is 2. The van der Waals surface area contributed by atoms with Crippen molar-refractivity contribution in [3.63, 3.8) is 0 Å². The van der Waals surface area contributed by atoms with Gasteiger partial charge in [0.25, 0.3) is 0 Å². The van der Waals surface area contributed by atoms with E-state index in [2.05, 4.69) is 17.4 Å². The quantitative estimate of drug-likeness (QED) is 0.703. The summed E-state index contributed by atoms with van der Waals surface area (Å²) in [6.07, 6.45) is -0.226. The van der Waals surface area contributed by atoms with Crippen molar-refractivity contribution >= 4 is 0 Å². The molecule has 3 heteroatoms. The molecule has 0 saturated carbocycles. The molecule has 0 amide bonds. The maximum Gasteiger partial charge on any atom is 0.115 e. The fourth-order valence-electron chi connectivity index (χ4n) is 1.62. The highest BCUT2D eigenvalue weighted by atomic mass is 16.3. The Balaban J connectivity index is 1.93. The van der Waals surface area contributed by atoms with Gasteiger partial charge in [-0.25, -0.2) is 0 Å². The van der Waals surface area contributed by atoms with Gasteiger partial charge in [0.15, 0.2) is 0 Å². The van der Waals surface area contributed by atoms with Crippen LogP contribution in [0.3, 0.4) is 0 Å². The molecule has 2 aromatic carbocycles. The number of phenolic OH excluding ortho intramolecular Hbond substituents is 1. The predicted molar refractivity (Wildman–Crippen MR) is 68.3 cm³/mol. The monoisotopic (exact) mass is 228 g/mol. The number of aromatic hydroxyl groups is 1. The first-order valence-corrected chi connectivity index (χ1v) is 5.57. The molecule has 2 rings (SSSR count). The Morgan fingerprint density at radius 3 is 2.29 bits per heavy atom. The van der Waals surface area contributed by atoms with E-state index in [0.29, 0.717) is 0 Å². The Labute approximate surface area is 101 Å². The van der Waals surface area contributed by atoms with E-state index in [9.17, 15) is 5.11 Å². The van der Waals surface area contributed by atoms with E-state index in [-0.39, 0.29) is 11.9 Å². The molecule has 0 saturated heterocycles. The number of rotatable bonds is 4. The SMILES string of the molecule is NC(NCc1ccccc1)c1ccc(O)cc1. The molecule has 0 heterocycles. The van der Waals surface area contributed by atoms with Crippen LogP contribution in [0.5, 0.6) is 5.75 Å². The van der Waals surface area contributed by atoms with Crippen LogP contribution in [-0.2, 0) is 6.54 Å². The molecule has 0 aromatic heterocycles. The Morgan fingerprint density at radius 2 is 1.65 bits per heavy atom. The Morgan fingerprint density at radius 1 is 1.00 bits per heavy atom. The molecule has 0 spiro atoms. The van der Waals surface area contributed by atoms with Crippen LogP contribution in [0.4, 0.5) is 0 Å². The van der Waals surface area contributed by atoms with Gasteiger partial charge >= 0.3 is 0 Å². The summed E-state index contributed by atoms with van der Waals surface area (Å²) in [4.78, 5) is 0. The summed E-state index contributed by atoms with van der Waals surface area (Å²) in [7, 11) is 0. The maximum atomic E-state index is 9.19. The average Bonchev–Trinajstić information content (AvgIpc) is 2.38. The Hall–Kier alpha value is -1.84. The largest absolute Gasteiger partial charge is 0.508 e. The van der Waals surface area contributed by atoms with Crippen LogP contribution in [0.2, 0.25) is 0 Å². The summed E-state index contributed by atoms with van der Waals surface area (Å²) in [6, 6.07) is 17.0. The van der Waals surface area contributed by atoms with Crippen LogP contribution < -0.4 is 11.1 Å². The number of nitrogens with two attached hydrogens (primary N) is 1. The number of phenols is 1. The smallest absolute Gasteiger partial charge is 0.115 e. The lowest BCUT2D eigenvalue weighted by Gasteiger charge is -2.14. The minimum atomic E-state index is -0.226. The number of hydrogen-bond acceptors (Lipinski definition) is 3.